The fraction of sp³-hybridized carbons (Fsp3) is 0.261. The Hall–Kier alpha value is -2.59. The second kappa shape index (κ2) is 9.38. The van der Waals surface area contributed by atoms with E-state index in [0.29, 0.717) is 12.2 Å². The Morgan fingerprint density at radius 3 is 2.41 bits per heavy atom. The van der Waals surface area contributed by atoms with Crippen molar-refractivity contribution in [1.29, 1.82) is 0 Å². The molecule has 0 aliphatic heterocycles. The summed E-state index contributed by atoms with van der Waals surface area (Å²) in [6.45, 7) is 2.72. The number of aryl methyl sites for hydroxylation is 3. The molecule has 0 saturated heterocycles. The molecule has 1 heterocycles. The molecule has 0 unspecified atom stereocenters. The van der Waals surface area contributed by atoms with E-state index in [0.717, 1.165) is 24.3 Å². The summed E-state index contributed by atoms with van der Waals surface area (Å²) in [5, 5.41) is 1.03. The van der Waals surface area contributed by atoms with Crippen molar-refractivity contribution in [2.24, 2.45) is 0 Å². The molecular formula is C23H24O3S. The van der Waals surface area contributed by atoms with Crippen LogP contribution in [0.1, 0.15) is 38.3 Å². The highest BCUT2D eigenvalue weighted by molar-refractivity contribution is 7.13. The van der Waals surface area contributed by atoms with Crippen molar-refractivity contribution >= 4 is 17.3 Å². The summed E-state index contributed by atoms with van der Waals surface area (Å²) >= 11 is 1.71. The molecule has 3 rings (SSSR count). The minimum Gasteiger partial charge on any atom is -0.479 e. The SMILES string of the molecule is COC(=O)c1ccc(CCCc2cc(C)sc2OCc2ccccc2)cc1. The normalized spacial score (nSPS) is 10.6. The Morgan fingerprint density at radius 2 is 1.70 bits per heavy atom. The van der Waals surface area contributed by atoms with E-state index in [1.165, 1.54) is 28.7 Å². The summed E-state index contributed by atoms with van der Waals surface area (Å²) in [7, 11) is 1.40. The van der Waals surface area contributed by atoms with Crippen LogP contribution in [0.25, 0.3) is 0 Å². The molecule has 0 saturated carbocycles. The average molecular weight is 381 g/mol. The van der Waals surface area contributed by atoms with E-state index in [2.05, 4.69) is 25.1 Å². The molecule has 0 N–H and O–H groups in total. The van der Waals surface area contributed by atoms with Crippen molar-refractivity contribution in [3.05, 3.63) is 87.8 Å². The van der Waals surface area contributed by atoms with Gasteiger partial charge in [-0.1, -0.05) is 42.5 Å². The fourth-order valence-electron chi connectivity index (χ4n) is 2.97. The van der Waals surface area contributed by atoms with E-state index < -0.39 is 0 Å². The van der Waals surface area contributed by atoms with Crippen molar-refractivity contribution in [2.75, 3.05) is 7.11 Å². The van der Waals surface area contributed by atoms with Gasteiger partial charge in [0.1, 0.15) is 6.61 Å². The highest BCUT2D eigenvalue weighted by Gasteiger charge is 2.09. The van der Waals surface area contributed by atoms with Crippen molar-refractivity contribution in [3.8, 4) is 5.06 Å². The summed E-state index contributed by atoms with van der Waals surface area (Å²) < 4.78 is 10.8. The zero-order valence-corrected chi connectivity index (χ0v) is 16.6. The van der Waals surface area contributed by atoms with Gasteiger partial charge in [0.05, 0.1) is 12.7 Å². The average Bonchev–Trinajstić information content (AvgIpc) is 3.06. The molecule has 0 bridgehead atoms. The van der Waals surface area contributed by atoms with Gasteiger partial charge in [0, 0.05) is 10.4 Å². The fourth-order valence-corrected chi connectivity index (χ4v) is 3.88. The number of thiophene rings is 1. The van der Waals surface area contributed by atoms with E-state index in [1.54, 1.807) is 11.3 Å². The van der Waals surface area contributed by atoms with Gasteiger partial charge in [0.2, 0.25) is 0 Å². The van der Waals surface area contributed by atoms with Crippen LogP contribution < -0.4 is 4.74 Å². The molecule has 0 spiro atoms. The largest absolute Gasteiger partial charge is 0.479 e. The monoisotopic (exact) mass is 380 g/mol. The number of esters is 1. The Kier molecular flexibility index (Phi) is 6.66. The topological polar surface area (TPSA) is 35.5 Å². The third kappa shape index (κ3) is 5.44. The lowest BCUT2D eigenvalue weighted by Gasteiger charge is -2.07. The van der Waals surface area contributed by atoms with Crippen LogP contribution in [0.15, 0.2) is 60.7 Å². The zero-order chi connectivity index (χ0) is 19.1. The van der Waals surface area contributed by atoms with Crippen LogP contribution in [0.5, 0.6) is 5.06 Å². The molecule has 0 aliphatic carbocycles. The number of carbonyl (C=O) groups is 1. The molecule has 0 fully saturated rings. The summed E-state index contributed by atoms with van der Waals surface area (Å²) in [5.74, 6) is -0.296. The van der Waals surface area contributed by atoms with Crippen LogP contribution in [0.2, 0.25) is 0 Å². The minimum absolute atomic E-state index is 0.296. The number of hydrogen-bond donors (Lipinski definition) is 0. The van der Waals surface area contributed by atoms with Gasteiger partial charge in [-0.25, -0.2) is 4.79 Å². The number of methoxy groups -OCH3 is 1. The molecule has 4 heteroatoms. The molecule has 0 radical (unpaired) electrons. The molecule has 0 atom stereocenters. The Morgan fingerprint density at radius 1 is 0.963 bits per heavy atom. The van der Waals surface area contributed by atoms with Crippen LogP contribution >= 0.6 is 11.3 Å². The van der Waals surface area contributed by atoms with Gasteiger partial charge < -0.3 is 9.47 Å². The summed E-state index contributed by atoms with van der Waals surface area (Å²) in [6, 6.07) is 20.1. The summed E-state index contributed by atoms with van der Waals surface area (Å²) in [4.78, 5) is 12.8. The van der Waals surface area contributed by atoms with Crippen molar-refractivity contribution in [1.82, 2.24) is 0 Å². The van der Waals surface area contributed by atoms with Gasteiger partial charge in [-0.15, -0.1) is 11.3 Å². The number of rotatable bonds is 8. The molecule has 1 aromatic heterocycles. The van der Waals surface area contributed by atoms with E-state index in [1.807, 2.05) is 42.5 Å². The quantitative estimate of drug-likeness (QED) is 0.477. The van der Waals surface area contributed by atoms with Gasteiger partial charge in [0.25, 0.3) is 0 Å². The number of benzene rings is 2. The molecule has 3 aromatic rings. The Bertz CT molecular complexity index is 866. The molecule has 140 valence electrons. The Balaban J connectivity index is 1.54. The summed E-state index contributed by atoms with van der Waals surface area (Å²) in [5.41, 5.74) is 4.27. The van der Waals surface area contributed by atoms with Crippen LogP contribution in [-0.2, 0) is 24.2 Å². The van der Waals surface area contributed by atoms with Crippen molar-refractivity contribution in [2.45, 2.75) is 32.8 Å². The second-order valence-electron chi connectivity index (χ2n) is 6.49. The van der Waals surface area contributed by atoms with Crippen LogP contribution in [0, 0.1) is 6.92 Å². The van der Waals surface area contributed by atoms with Crippen molar-refractivity contribution < 1.29 is 14.3 Å². The highest BCUT2D eigenvalue weighted by atomic mass is 32.1. The molecular weight excluding hydrogens is 356 g/mol. The highest BCUT2D eigenvalue weighted by Crippen LogP contribution is 2.32. The Labute approximate surface area is 164 Å². The van der Waals surface area contributed by atoms with Gasteiger partial charge in [-0.05, 0) is 55.5 Å². The standard InChI is InChI=1S/C23H24O3S/c1-17-15-21(23(27-17)26-16-19-7-4-3-5-8-19)10-6-9-18-11-13-20(14-12-18)22(24)25-2/h3-5,7-8,11-15H,6,9-10,16H2,1-2H3. The van der Waals surface area contributed by atoms with Gasteiger partial charge >= 0.3 is 5.97 Å². The molecule has 2 aromatic carbocycles. The number of carbonyl (C=O) groups excluding carboxylic acids is 1. The van der Waals surface area contributed by atoms with Crippen LogP contribution in [0.3, 0.4) is 0 Å². The maximum atomic E-state index is 11.5. The molecule has 0 amide bonds. The molecule has 3 nitrogen and oxygen atoms in total. The maximum Gasteiger partial charge on any atom is 0.337 e. The first-order valence-corrected chi connectivity index (χ1v) is 9.90. The summed E-state index contributed by atoms with van der Waals surface area (Å²) in [6.07, 6.45) is 2.98. The van der Waals surface area contributed by atoms with E-state index in [4.69, 9.17) is 9.47 Å². The zero-order valence-electron chi connectivity index (χ0n) is 15.7. The third-order valence-corrected chi connectivity index (χ3v) is 5.40. The third-order valence-electron chi connectivity index (χ3n) is 4.39. The lowest BCUT2D eigenvalue weighted by atomic mass is 10.0. The van der Waals surface area contributed by atoms with Gasteiger partial charge in [-0.3, -0.25) is 0 Å². The predicted octanol–water partition coefficient (Wildman–Crippen LogP) is 5.60. The lowest BCUT2D eigenvalue weighted by Crippen LogP contribution is -2.01. The van der Waals surface area contributed by atoms with Gasteiger partial charge in [-0.2, -0.15) is 0 Å². The minimum atomic E-state index is -0.296. The lowest BCUT2D eigenvalue weighted by molar-refractivity contribution is 0.0600. The van der Waals surface area contributed by atoms with Crippen LogP contribution in [-0.4, -0.2) is 13.1 Å². The first-order chi connectivity index (χ1) is 13.2. The molecule has 0 aliphatic rings. The first-order valence-electron chi connectivity index (χ1n) is 9.09. The first kappa shape index (κ1) is 19.2. The maximum absolute atomic E-state index is 11.5. The van der Waals surface area contributed by atoms with Crippen LogP contribution in [0.4, 0.5) is 0 Å². The number of ether oxygens (including phenoxy) is 2. The van der Waals surface area contributed by atoms with Crippen molar-refractivity contribution in [3.63, 3.8) is 0 Å². The predicted molar refractivity (Wildman–Crippen MR) is 110 cm³/mol. The van der Waals surface area contributed by atoms with Gasteiger partial charge in [0.15, 0.2) is 5.06 Å². The second-order valence-corrected chi connectivity index (χ2v) is 7.70. The van der Waals surface area contributed by atoms with E-state index in [-0.39, 0.29) is 5.97 Å². The van der Waals surface area contributed by atoms with E-state index in [9.17, 15) is 4.79 Å². The number of hydrogen-bond acceptors (Lipinski definition) is 4. The van der Waals surface area contributed by atoms with E-state index >= 15 is 0 Å². The smallest absolute Gasteiger partial charge is 0.337 e. The molecule has 27 heavy (non-hydrogen) atoms.